The summed E-state index contributed by atoms with van der Waals surface area (Å²) < 4.78 is 0. The second-order valence-corrected chi connectivity index (χ2v) is 1.95. The van der Waals surface area contributed by atoms with Crippen LogP contribution in [-0.4, -0.2) is 21.7 Å². The van der Waals surface area contributed by atoms with E-state index in [0.29, 0.717) is 5.69 Å². The van der Waals surface area contributed by atoms with Crippen LogP contribution in [0.25, 0.3) is 0 Å². The van der Waals surface area contributed by atoms with E-state index in [9.17, 15) is 10.1 Å². The summed E-state index contributed by atoms with van der Waals surface area (Å²) in [5.41, 5.74) is 0.304. The van der Waals surface area contributed by atoms with Crippen molar-refractivity contribution in [3.63, 3.8) is 0 Å². The van der Waals surface area contributed by atoms with Gasteiger partial charge in [-0.1, -0.05) is 11.0 Å². The number of hydrogen-bond donors (Lipinski definition) is 2. The lowest BCUT2D eigenvalue weighted by Crippen LogP contribution is -2.00. The van der Waals surface area contributed by atoms with E-state index in [1.54, 1.807) is 0 Å². The van der Waals surface area contributed by atoms with Gasteiger partial charge in [0.05, 0.1) is 6.54 Å². The maximum atomic E-state index is 10.3. The third-order valence-electron chi connectivity index (χ3n) is 1.18. The van der Waals surface area contributed by atoms with Gasteiger partial charge in [-0.15, -0.1) is 11.5 Å². The zero-order valence-corrected chi connectivity index (χ0v) is 6.07. The van der Waals surface area contributed by atoms with Crippen LogP contribution in [0.5, 0.6) is 0 Å². The number of rotatable bonds is 3. The van der Waals surface area contributed by atoms with Gasteiger partial charge < -0.3 is 15.4 Å². The van der Waals surface area contributed by atoms with Crippen molar-refractivity contribution in [1.29, 1.82) is 0 Å². The summed E-state index contributed by atoms with van der Waals surface area (Å²) in [5, 5.41) is 18.7. The molecule has 0 unspecified atom stereocenters. The van der Waals surface area contributed by atoms with E-state index in [1.165, 1.54) is 6.20 Å². The molecule has 1 aromatic rings. The molecule has 62 valence electrons. The van der Waals surface area contributed by atoms with E-state index >= 15 is 0 Å². The monoisotopic (exact) mass is 166 g/mol. The highest BCUT2D eigenvalue weighted by Gasteiger charge is 2.12. The van der Waals surface area contributed by atoms with Gasteiger partial charge in [0, 0.05) is 0 Å². The average molecular weight is 166 g/mol. The molecule has 1 rings (SSSR count). The van der Waals surface area contributed by atoms with Gasteiger partial charge in [0.15, 0.2) is 5.69 Å². The summed E-state index contributed by atoms with van der Waals surface area (Å²) in [7, 11) is 0. The van der Waals surface area contributed by atoms with Crippen molar-refractivity contribution in [2.24, 2.45) is 0 Å². The van der Waals surface area contributed by atoms with Gasteiger partial charge in [-0.25, -0.2) is 0 Å². The first-order valence-electron chi connectivity index (χ1n) is 3.11. The molecule has 0 radical (unpaired) electrons. The third kappa shape index (κ3) is 1.52. The van der Waals surface area contributed by atoms with Crippen LogP contribution in [0, 0.1) is 22.5 Å². The van der Waals surface area contributed by atoms with Gasteiger partial charge in [-0.3, -0.25) is 0 Å². The highest BCUT2D eigenvalue weighted by atomic mass is 16.6. The van der Waals surface area contributed by atoms with Crippen molar-refractivity contribution >= 4 is 11.5 Å². The predicted octanol–water partition coefficient (Wildman–Crippen LogP) is 0.363. The number of hydrogen-bond acceptors (Lipinski definition) is 4. The summed E-state index contributed by atoms with van der Waals surface area (Å²) in [4.78, 5) is 9.73. The molecule has 0 fully saturated rings. The Labute approximate surface area is 68.1 Å². The molecular weight excluding hydrogens is 160 g/mol. The molecule has 1 heterocycles. The van der Waals surface area contributed by atoms with Crippen LogP contribution in [-0.2, 0) is 0 Å². The summed E-state index contributed by atoms with van der Waals surface area (Å²) >= 11 is 0. The Kier molecular flexibility index (Phi) is 2.28. The van der Waals surface area contributed by atoms with Crippen LogP contribution in [0.2, 0.25) is 0 Å². The third-order valence-corrected chi connectivity index (χ3v) is 1.18. The molecule has 0 atom stereocenters. The fourth-order valence-corrected chi connectivity index (χ4v) is 0.694. The lowest BCUT2D eigenvalue weighted by molar-refractivity contribution is -0.388. The molecule has 0 bridgehead atoms. The molecule has 0 amide bonds. The number of anilines is 1. The highest BCUT2D eigenvalue weighted by molar-refractivity contribution is 5.55. The van der Waals surface area contributed by atoms with E-state index in [-0.39, 0.29) is 12.4 Å². The SMILES string of the molecule is C#CCNc1cn[nH]c1[N+](=O)[O-]. The van der Waals surface area contributed by atoms with Gasteiger partial charge in [0.25, 0.3) is 0 Å². The van der Waals surface area contributed by atoms with Crippen molar-refractivity contribution in [2.45, 2.75) is 0 Å². The predicted molar refractivity (Wildman–Crippen MR) is 42.6 cm³/mol. The van der Waals surface area contributed by atoms with Crippen LogP contribution in [0.3, 0.4) is 0 Å². The first-order chi connectivity index (χ1) is 5.75. The molecular formula is C6H6N4O2. The quantitative estimate of drug-likeness (QED) is 0.386. The molecule has 0 saturated heterocycles. The molecule has 12 heavy (non-hydrogen) atoms. The van der Waals surface area contributed by atoms with Gasteiger partial charge in [0.2, 0.25) is 0 Å². The standard InChI is InChI=1S/C6H6N4O2/c1-2-3-7-5-4-8-9-6(5)10(11)12/h1,4,7H,3H2,(H,8,9). The minimum absolute atomic E-state index is 0.176. The summed E-state index contributed by atoms with van der Waals surface area (Å²) in [6.45, 7) is 0.236. The van der Waals surface area contributed by atoms with Crippen molar-refractivity contribution in [3.8, 4) is 12.3 Å². The van der Waals surface area contributed by atoms with Crippen LogP contribution in [0.15, 0.2) is 6.20 Å². The van der Waals surface area contributed by atoms with Gasteiger partial charge in [0.1, 0.15) is 6.20 Å². The largest absolute Gasteiger partial charge is 0.366 e. The number of aromatic nitrogens is 2. The topological polar surface area (TPSA) is 83.8 Å². The Morgan fingerprint density at radius 3 is 3.25 bits per heavy atom. The lowest BCUT2D eigenvalue weighted by atomic mass is 10.5. The fraction of sp³-hybridized carbons (Fsp3) is 0.167. The van der Waals surface area contributed by atoms with Gasteiger partial charge in [-0.2, -0.15) is 0 Å². The molecule has 0 aliphatic carbocycles. The Balaban J connectivity index is 2.79. The minimum Gasteiger partial charge on any atom is -0.366 e. The normalized spacial score (nSPS) is 8.92. The summed E-state index contributed by atoms with van der Waals surface area (Å²) in [6.07, 6.45) is 6.27. The first kappa shape index (κ1) is 8.07. The number of terminal acetylenes is 1. The average Bonchev–Trinajstić information content (AvgIpc) is 2.48. The number of H-pyrrole nitrogens is 1. The molecule has 6 heteroatoms. The van der Waals surface area contributed by atoms with Crippen LogP contribution in [0.4, 0.5) is 11.5 Å². The minimum atomic E-state index is -0.564. The van der Waals surface area contributed by atoms with Crippen molar-refractivity contribution in [3.05, 3.63) is 16.3 Å². The number of nitrogens with one attached hydrogen (secondary N) is 2. The zero-order chi connectivity index (χ0) is 8.97. The maximum Gasteiger partial charge on any atom is 0.366 e. The van der Waals surface area contributed by atoms with E-state index in [1.807, 2.05) is 0 Å². The van der Waals surface area contributed by atoms with Crippen molar-refractivity contribution < 1.29 is 4.92 Å². The number of nitro groups is 1. The number of aromatic amines is 1. The molecule has 0 aliphatic rings. The van der Waals surface area contributed by atoms with Gasteiger partial charge in [-0.05, 0) is 4.92 Å². The number of nitrogens with zero attached hydrogens (tertiary/aromatic N) is 2. The van der Waals surface area contributed by atoms with Crippen LogP contribution in [0.1, 0.15) is 0 Å². The van der Waals surface area contributed by atoms with Gasteiger partial charge >= 0.3 is 5.82 Å². The molecule has 6 nitrogen and oxygen atoms in total. The van der Waals surface area contributed by atoms with Crippen LogP contribution < -0.4 is 5.32 Å². The van der Waals surface area contributed by atoms with E-state index in [0.717, 1.165) is 0 Å². The lowest BCUT2D eigenvalue weighted by Gasteiger charge is -1.96. The fourth-order valence-electron chi connectivity index (χ4n) is 0.694. The maximum absolute atomic E-state index is 10.3. The second kappa shape index (κ2) is 3.39. The van der Waals surface area contributed by atoms with E-state index in [2.05, 4.69) is 21.4 Å². The first-order valence-corrected chi connectivity index (χ1v) is 3.11. The Bertz CT molecular complexity index is 325. The Morgan fingerprint density at radius 1 is 1.92 bits per heavy atom. The summed E-state index contributed by atoms with van der Waals surface area (Å²) in [6, 6.07) is 0. The van der Waals surface area contributed by atoms with Crippen molar-refractivity contribution in [2.75, 3.05) is 11.9 Å². The summed E-state index contributed by atoms with van der Waals surface area (Å²) in [5.74, 6) is 2.12. The molecule has 0 aliphatic heterocycles. The molecule has 0 aromatic carbocycles. The second-order valence-electron chi connectivity index (χ2n) is 1.95. The van der Waals surface area contributed by atoms with E-state index < -0.39 is 4.92 Å². The van der Waals surface area contributed by atoms with Crippen LogP contribution >= 0.6 is 0 Å². The molecule has 0 spiro atoms. The molecule has 2 N–H and O–H groups in total. The highest BCUT2D eigenvalue weighted by Crippen LogP contribution is 2.18. The van der Waals surface area contributed by atoms with E-state index in [4.69, 9.17) is 6.42 Å². The molecule has 1 aromatic heterocycles. The zero-order valence-electron chi connectivity index (χ0n) is 6.07. The smallest absolute Gasteiger partial charge is 0.366 e. The Morgan fingerprint density at radius 2 is 2.67 bits per heavy atom. The molecule has 0 saturated carbocycles. The van der Waals surface area contributed by atoms with Crippen molar-refractivity contribution in [1.82, 2.24) is 10.2 Å². The Hall–Kier alpha value is -2.03.